The fourth-order valence-corrected chi connectivity index (χ4v) is 1.54. The van der Waals surface area contributed by atoms with Crippen molar-refractivity contribution in [2.75, 3.05) is 13.1 Å². The van der Waals surface area contributed by atoms with E-state index in [0.717, 1.165) is 6.54 Å². The molecule has 0 radical (unpaired) electrons. The minimum atomic E-state index is -0.712. The van der Waals surface area contributed by atoms with Gasteiger partial charge in [0.25, 0.3) is 0 Å². The predicted octanol–water partition coefficient (Wildman–Crippen LogP) is 1.58. The Bertz CT molecular complexity index is 192. The molecule has 0 aliphatic heterocycles. The van der Waals surface area contributed by atoms with Crippen LogP contribution in [0.3, 0.4) is 0 Å². The maximum Gasteiger partial charge on any atom is 0.317 e. The molecule has 0 atom stereocenters. The van der Waals surface area contributed by atoms with Gasteiger partial charge in [-0.25, -0.2) is 0 Å². The molecule has 0 saturated heterocycles. The van der Waals surface area contributed by atoms with Gasteiger partial charge >= 0.3 is 5.97 Å². The second-order valence-electron chi connectivity index (χ2n) is 5.09. The number of hydrogen-bond acceptors (Lipinski definition) is 2. The van der Waals surface area contributed by atoms with E-state index in [0.29, 0.717) is 6.04 Å². The van der Waals surface area contributed by atoms with Gasteiger partial charge in [0.1, 0.15) is 0 Å². The third kappa shape index (κ3) is 4.27. The largest absolute Gasteiger partial charge is 0.480 e. The van der Waals surface area contributed by atoms with Crippen LogP contribution >= 0.6 is 0 Å². The molecule has 1 aliphatic rings. The van der Waals surface area contributed by atoms with Crippen molar-refractivity contribution in [2.24, 2.45) is 5.41 Å². The molecule has 3 heteroatoms. The van der Waals surface area contributed by atoms with E-state index < -0.39 is 5.97 Å². The van der Waals surface area contributed by atoms with Gasteiger partial charge in [-0.3, -0.25) is 9.69 Å². The van der Waals surface area contributed by atoms with E-state index in [2.05, 4.69) is 25.7 Å². The number of carbonyl (C=O) groups is 1. The van der Waals surface area contributed by atoms with Gasteiger partial charge in [0.2, 0.25) is 0 Å². The first kappa shape index (κ1) is 10.5. The summed E-state index contributed by atoms with van der Waals surface area (Å²) in [4.78, 5) is 12.7. The molecule has 1 rings (SSSR count). The maximum absolute atomic E-state index is 10.6. The van der Waals surface area contributed by atoms with Gasteiger partial charge in [-0.05, 0) is 18.3 Å². The molecule has 0 bridgehead atoms. The first-order valence-electron chi connectivity index (χ1n) is 4.84. The fraction of sp³-hybridized carbons (Fsp3) is 0.900. The topological polar surface area (TPSA) is 40.5 Å². The summed E-state index contributed by atoms with van der Waals surface area (Å²) in [6.07, 6.45) is 2.34. The van der Waals surface area contributed by atoms with Gasteiger partial charge in [0, 0.05) is 12.6 Å². The Morgan fingerprint density at radius 3 is 2.31 bits per heavy atom. The predicted molar refractivity (Wildman–Crippen MR) is 51.7 cm³/mol. The summed E-state index contributed by atoms with van der Waals surface area (Å²) in [6, 6.07) is 0.537. The van der Waals surface area contributed by atoms with Gasteiger partial charge in [0.15, 0.2) is 0 Å². The van der Waals surface area contributed by atoms with E-state index in [1.54, 1.807) is 0 Å². The van der Waals surface area contributed by atoms with Crippen LogP contribution in [0.15, 0.2) is 0 Å². The SMILES string of the molecule is CC(C)(C)CN(CC(=O)O)C1CC1. The molecule has 0 amide bonds. The molecule has 0 heterocycles. The summed E-state index contributed by atoms with van der Waals surface area (Å²) >= 11 is 0. The van der Waals surface area contributed by atoms with E-state index in [4.69, 9.17) is 5.11 Å². The summed E-state index contributed by atoms with van der Waals surface area (Å²) < 4.78 is 0. The first-order valence-corrected chi connectivity index (χ1v) is 4.84. The highest BCUT2D eigenvalue weighted by Crippen LogP contribution is 2.29. The average molecular weight is 185 g/mol. The highest BCUT2D eigenvalue weighted by molar-refractivity contribution is 5.69. The third-order valence-corrected chi connectivity index (χ3v) is 2.08. The van der Waals surface area contributed by atoms with E-state index in [1.807, 2.05) is 0 Å². The number of aliphatic carboxylic acids is 1. The standard InChI is InChI=1S/C10H19NO2/c1-10(2,3)7-11(6-9(12)13)8-4-5-8/h8H,4-7H2,1-3H3,(H,12,13). The first-order chi connectivity index (χ1) is 5.88. The molecule has 0 unspecified atom stereocenters. The van der Waals surface area contributed by atoms with Crippen LogP contribution in [0.4, 0.5) is 0 Å². The Morgan fingerprint density at radius 2 is 2.00 bits per heavy atom. The van der Waals surface area contributed by atoms with Crippen molar-refractivity contribution >= 4 is 5.97 Å². The monoisotopic (exact) mass is 185 g/mol. The van der Waals surface area contributed by atoms with Crippen LogP contribution in [0.5, 0.6) is 0 Å². The lowest BCUT2D eigenvalue weighted by Crippen LogP contribution is -2.38. The van der Waals surface area contributed by atoms with Crippen LogP contribution in [0.25, 0.3) is 0 Å². The lowest BCUT2D eigenvalue weighted by Gasteiger charge is -2.28. The fourth-order valence-electron chi connectivity index (χ4n) is 1.54. The second-order valence-corrected chi connectivity index (χ2v) is 5.09. The van der Waals surface area contributed by atoms with Crippen LogP contribution < -0.4 is 0 Å². The zero-order valence-electron chi connectivity index (χ0n) is 8.71. The molecule has 0 aromatic rings. The summed E-state index contributed by atoms with van der Waals surface area (Å²) in [7, 11) is 0. The Balaban J connectivity index is 2.42. The number of nitrogens with zero attached hydrogens (tertiary/aromatic N) is 1. The normalized spacial score (nSPS) is 17.8. The molecular weight excluding hydrogens is 166 g/mol. The van der Waals surface area contributed by atoms with E-state index in [1.165, 1.54) is 12.8 Å². The van der Waals surface area contributed by atoms with Crippen molar-refractivity contribution in [3.8, 4) is 0 Å². The highest BCUT2D eigenvalue weighted by atomic mass is 16.4. The average Bonchev–Trinajstić information content (AvgIpc) is 2.60. The summed E-state index contributed by atoms with van der Waals surface area (Å²) in [5.74, 6) is -0.712. The smallest absolute Gasteiger partial charge is 0.317 e. The molecular formula is C10H19NO2. The molecule has 0 aromatic heterocycles. The van der Waals surface area contributed by atoms with E-state index in [-0.39, 0.29) is 12.0 Å². The van der Waals surface area contributed by atoms with Crippen molar-refractivity contribution in [3.63, 3.8) is 0 Å². The lowest BCUT2D eigenvalue weighted by atomic mass is 9.96. The quantitative estimate of drug-likeness (QED) is 0.723. The molecule has 1 N–H and O–H groups in total. The van der Waals surface area contributed by atoms with Gasteiger partial charge in [-0.15, -0.1) is 0 Å². The molecule has 1 aliphatic carbocycles. The van der Waals surface area contributed by atoms with Crippen LogP contribution in [0.2, 0.25) is 0 Å². The summed E-state index contributed by atoms with van der Waals surface area (Å²) in [5.41, 5.74) is 0.192. The van der Waals surface area contributed by atoms with Crippen molar-refractivity contribution < 1.29 is 9.90 Å². The molecule has 76 valence electrons. The van der Waals surface area contributed by atoms with Crippen molar-refractivity contribution in [1.82, 2.24) is 4.90 Å². The third-order valence-electron chi connectivity index (χ3n) is 2.08. The van der Waals surface area contributed by atoms with Crippen LogP contribution in [-0.2, 0) is 4.79 Å². The van der Waals surface area contributed by atoms with Crippen LogP contribution in [0.1, 0.15) is 33.6 Å². The minimum Gasteiger partial charge on any atom is -0.480 e. The van der Waals surface area contributed by atoms with Crippen LogP contribution in [0, 0.1) is 5.41 Å². The van der Waals surface area contributed by atoms with Crippen LogP contribution in [-0.4, -0.2) is 35.1 Å². The molecule has 1 saturated carbocycles. The highest BCUT2D eigenvalue weighted by Gasteiger charge is 2.32. The van der Waals surface area contributed by atoms with Gasteiger partial charge < -0.3 is 5.11 Å². The Morgan fingerprint density at radius 1 is 1.46 bits per heavy atom. The number of carboxylic acids is 1. The summed E-state index contributed by atoms with van der Waals surface area (Å²) in [6.45, 7) is 7.50. The number of carboxylic acid groups (broad SMARTS) is 1. The van der Waals surface area contributed by atoms with Crippen molar-refractivity contribution in [1.29, 1.82) is 0 Å². The van der Waals surface area contributed by atoms with E-state index in [9.17, 15) is 4.79 Å². The van der Waals surface area contributed by atoms with Gasteiger partial charge in [-0.1, -0.05) is 20.8 Å². The zero-order valence-corrected chi connectivity index (χ0v) is 8.71. The number of hydrogen-bond donors (Lipinski definition) is 1. The maximum atomic E-state index is 10.6. The Hall–Kier alpha value is -0.570. The number of rotatable bonds is 4. The second kappa shape index (κ2) is 3.66. The lowest BCUT2D eigenvalue weighted by molar-refractivity contribution is -0.138. The molecule has 13 heavy (non-hydrogen) atoms. The molecule has 3 nitrogen and oxygen atoms in total. The molecule has 0 spiro atoms. The molecule has 0 aromatic carbocycles. The molecule has 1 fully saturated rings. The van der Waals surface area contributed by atoms with Gasteiger partial charge in [-0.2, -0.15) is 0 Å². The Labute approximate surface area is 79.7 Å². The zero-order chi connectivity index (χ0) is 10.1. The Kier molecular flexibility index (Phi) is 2.96. The van der Waals surface area contributed by atoms with Crippen molar-refractivity contribution in [3.05, 3.63) is 0 Å². The summed E-state index contributed by atoms with van der Waals surface area (Å²) in [5, 5.41) is 8.72. The van der Waals surface area contributed by atoms with Crippen molar-refractivity contribution in [2.45, 2.75) is 39.7 Å². The minimum absolute atomic E-state index is 0.192. The van der Waals surface area contributed by atoms with Gasteiger partial charge in [0.05, 0.1) is 6.54 Å². The van der Waals surface area contributed by atoms with E-state index >= 15 is 0 Å².